The number of amides is 2. The van der Waals surface area contributed by atoms with Crippen molar-refractivity contribution in [3.63, 3.8) is 0 Å². The molecular weight excluding hydrogens is 396 g/mol. The Labute approximate surface area is 181 Å². The standard InChI is InChI=1S/C24H26N2O5/c1-16(20-14-9-15-25(20)31-23(28)19-12-7-4-8-13-19)22(27)26-17(2)21(30-24(26)29)18-10-5-3-6-11-18/h3-8,10-13,16-17,20-21H,9,14-15H2,1-2H3/t16-,17+,20+,21+/m0/s1. The van der Waals surface area contributed by atoms with Crippen LogP contribution in [0.4, 0.5) is 4.79 Å². The molecule has 4 atom stereocenters. The molecule has 7 nitrogen and oxygen atoms in total. The van der Waals surface area contributed by atoms with Gasteiger partial charge in [0, 0.05) is 6.54 Å². The second-order valence-electron chi connectivity index (χ2n) is 8.05. The summed E-state index contributed by atoms with van der Waals surface area (Å²) in [6.07, 6.45) is 0.371. The summed E-state index contributed by atoms with van der Waals surface area (Å²) in [4.78, 5) is 45.1. The molecule has 0 saturated carbocycles. The molecule has 2 aliphatic heterocycles. The minimum atomic E-state index is -0.635. The van der Waals surface area contributed by atoms with Gasteiger partial charge in [-0.1, -0.05) is 55.5 Å². The van der Waals surface area contributed by atoms with Crippen LogP contribution in [0.2, 0.25) is 0 Å². The van der Waals surface area contributed by atoms with Crippen LogP contribution in [0.3, 0.4) is 0 Å². The maximum atomic E-state index is 13.3. The van der Waals surface area contributed by atoms with Gasteiger partial charge in [-0.2, -0.15) is 0 Å². The predicted octanol–water partition coefficient (Wildman–Crippen LogP) is 3.97. The molecule has 0 spiro atoms. The number of ether oxygens (including phenoxy) is 1. The highest BCUT2D eigenvalue weighted by Gasteiger charge is 2.47. The van der Waals surface area contributed by atoms with Crippen molar-refractivity contribution in [1.29, 1.82) is 0 Å². The molecule has 2 aliphatic rings. The quantitative estimate of drug-likeness (QED) is 0.726. The number of hydroxylamine groups is 2. The van der Waals surface area contributed by atoms with E-state index in [1.54, 1.807) is 36.3 Å². The van der Waals surface area contributed by atoms with Gasteiger partial charge >= 0.3 is 12.1 Å². The summed E-state index contributed by atoms with van der Waals surface area (Å²) in [6, 6.07) is 17.4. The maximum absolute atomic E-state index is 13.3. The van der Waals surface area contributed by atoms with Crippen LogP contribution in [0, 0.1) is 5.92 Å². The topological polar surface area (TPSA) is 76.2 Å². The summed E-state index contributed by atoms with van der Waals surface area (Å²) in [5.41, 5.74) is 1.31. The van der Waals surface area contributed by atoms with Crippen molar-refractivity contribution < 1.29 is 24.0 Å². The van der Waals surface area contributed by atoms with Crippen molar-refractivity contribution in [2.45, 2.75) is 44.9 Å². The second-order valence-corrected chi connectivity index (χ2v) is 8.05. The molecule has 0 bridgehead atoms. The Balaban J connectivity index is 1.45. The Morgan fingerprint density at radius 1 is 1.06 bits per heavy atom. The van der Waals surface area contributed by atoms with Crippen LogP contribution in [0.25, 0.3) is 0 Å². The van der Waals surface area contributed by atoms with E-state index in [2.05, 4.69) is 0 Å². The first-order valence-electron chi connectivity index (χ1n) is 10.6. The van der Waals surface area contributed by atoms with Crippen molar-refractivity contribution in [2.75, 3.05) is 6.54 Å². The lowest BCUT2D eigenvalue weighted by molar-refractivity contribution is -0.150. The van der Waals surface area contributed by atoms with Crippen LogP contribution >= 0.6 is 0 Å². The third kappa shape index (κ3) is 4.18. The third-order valence-electron chi connectivity index (χ3n) is 6.06. The zero-order valence-electron chi connectivity index (χ0n) is 17.6. The van der Waals surface area contributed by atoms with E-state index in [0.29, 0.717) is 18.5 Å². The fraction of sp³-hybridized carbons (Fsp3) is 0.375. The van der Waals surface area contributed by atoms with Crippen LogP contribution in [0.15, 0.2) is 60.7 Å². The summed E-state index contributed by atoms with van der Waals surface area (Å²) < 4.78 is 5.52. The number of imide groups is 1. The summed E-state index contributed by atoms with van der Waals surface area (Å²) >= 11 is 0. The Kier molecular flexibility index (Phi) is 6.04. The van der Waals surface area contributed by atoms with E-state index in [1.807, 2.05) is 43.3 Å². The van der Waals surface area contributed by atoms with Gasteiger partial charge in [-0.3, -0.25) is 4.79 Å². The zero-order chi connectivity index (χ0) is 22.0. The van der Waals surface area contributed by atoms with Gasteiger partial charge < -0.3 is 9.57 Å². The highest BCUT2D eigenvalue weighted by molar-refractivity contribution is 5.95. The molecule has 2 aromatic rings. The van der Waals surface area contributed by atoms with E-state index >= 15 is 0 Å². The first kappa shape index (κ1) is 21.1. The largest absolute Gasteiger partial charge is 0.439 e. The monoisotopic (exact) mass is 422 g/mol. The van der Waals surface area contributed by atoms with Crippen LogP contribution in [-0.2, 0) is 14.4 Å². The summed E-state index contributed by atoms with van der Waals surface area (Å²) in [7, 11) is 0. The van der Waals surface area contributed by atoms with Gasteiger partial charge in [-0.05, 0) is 37.5 Å². The average molecular weight is 422 g/mol. The molecule has 2 heterocycles. The number of rotatable bonds is 5. The number of hydrogen-bond acceptors (Lipinski definition) is 6. The molecule has 0 aliphatic carbocycles. The number of carbonyl (C=O) groups excluding carboxylic acids is 3. The SMILES string of the molecule is C[C@H](C(=O)N1C(=O)O[C@@H](c2ccccc2)[C@H]1C)[C@H]1CCCN1OC(=O)c1ccccc1. The van der Waals surface area contributed by atoms with Crippen molar-refractivity contribution in [1.82, 2.24) is 9.96 Å². The lowest BCUT2D eigenvalue weighted by atomic mass is 9.97. The van der Waals surface area contributed by atoms with E-state index in [0.717, 1.165) is 12.0 Å². The van der Waals surface area contributed by atoms with E-state index in [9.17, 15) is 14.4 Å². The van der Waals surface area contributed by atoms with Crippen LogP contribution in [-0.4, -0.2) is 46.6 Å². The Morgan fingerprint density at radius 2 is 1.71 bits per heavy atom. The van der Waals surface area contributed by atoms with Gasteiger partial charge in [0.05, 0.1) is 23.6 Å². The van der Waals surface area contributed by atoms with Crippen molar-refractivity contribution in [3.05, 3.63) is 71.8 Å². The second kappa shape index (κ2) is 8.89. The Bertz CT molecular complexity index is 949. The molecule has 0 unspecified atom stereocenters. The molecule has 2 amide bonds. The van der Waals surface area contributed by atoms with Crippen molar-refractivity contribution in [2.24, 2.45) is 5.92 Å². The molecule has 0 aromatic heterocycles. The highest BCUT2D eigenvalue weighted by Crippen LogP contribution is 2.35. The van der Waals surface area contributed by atoms with Crippen molar-refractivity contribution in [3.8, 4) is 0 Å². The molecule has 0 radical (unpaired) electrons. The summed E-state index contributed by atoms with van der Waals surface area (Å²) in [5, 5.41) is 1.58. The van der Waals surface area contributed by atoms with Gasteiger partial charge in [-0.25, -0.2) is 14.5 Å². The number of hydrogen-bond donors (Lipinski definition) is 0. The van der Waals surface area contributed by atoms with Crippen LogP contribution < -0.4 is 0 Å². The van der Waals surface area contributed by atoms with Gasteiger partial charge in [0.2, 0.25) is 5.91 Å². The maximum Gasteiger partial charge on any atom is 0.417 e. The van der Waals surface area contributed by atoms with Gasteiger partial charge in [0.15, 0.2) is 0 Å². The van der Waals surface area contributed by atoms with Gasteiger partial charge in [0.1, 0.15) is 6.10 Å². The molecule has 162 valence electrons. The fourth-order valence-electron chi connectivity index (χ4n) is 4.34. The molecule has 2 aromatic carbocycles. The Hall–Kier alpha value is -3.19. The van der Waals surface area contributed by atoms with Gasteiger partial charge in [0.25, 0.3) is 0 Å². The summed E-state index contributed by atoms with van der Waals surface area (Å²) in [5.74, 6) is -1.30. The molecule has 2 fully saturated rings. The van der Waals surface area contributed by atoms with E-state index < -0.39 is 30.1 Å². The van der Waals surface area contributed by atoms with Crippen LogP contribution in [0.1, 0.15) is 48.7 Å². The predicted molar refractivity (Wildman–Crippen MR) is 113 cm³/mol. The van der Waals surface area contributed by atoms with E-state index in [1.165, 1.54) is 4.90 Å². The molecule has 2 saturated heterocycles. The molecular formula is C24H26N2O5. The third-order valence-corrected chi connectivity index (χ3v) is 6.06. The smallest absolute Gasteiger partial charge is 0.417 e. The number of cyclic esters (lactones) is 1. The van der Waals surface area contributed by atoms with Crippen molar-refractivity contribution >= 4 is 18.0 Å². The van der Waals surface area contributed by atoms with Gasteiger partial charge in [-0.15, -0.1) is 5.06 Å². The van der Waals surface area contributed by atoms with E-state index in [4.69, 9.17) is 9.57 Å². The average Bonchev–Trinajstić information content (AvgIpc) is 3.37. The number of benzene rings is 2. The molecule has 7 heteroatoms. The Morgan fingerprint density at radius 3 is 2.39 bits per heavy atom. The summed E-state index contributed by atoms with van der Waals surface area (Å²) in [6.45, 7) is 4.14. The highest BCUT2D eigenvalue weighted by atomic mass is 16.7. The molecule has 0 N–H and O–H groups in total. The molecule has 4 rings (SSSR count). The van der Waals surface area contributed by atoms with Crippen LogP contribution in [0.5, 0.6) is 0 Å². The normalized spacial score (nSPS) is 24.6. The molecule has 31 heavy (non-hydrogen) atoms. The number of nitrogens with zero attached hydrogens (tertiary/aromatic N) is 2. The first-order valence-corrected chi connectivity index (χ1v) is 10.6. The first-order chi connectivity index (χ1) is 15.0. The van der Waals surface area contributed by atoms with E-state index in [-0.39, 0.29) is 11.9 Å². The minimum absolute atomic E-state index is 0.295. The fourth-order valence-corrected chi connectivity index (χ4v) is 4.34. The minimum Gasteiger partial charge on any atom is -0.439 e. The lowest BCUT2D eigenvalue weighted by Crippen LogP contribution is -2.47. The zero-order valence-corrected chi connectivity index (χ0v) is 17.6. The number of carbonyl (C=O) groups is 3. The lowest BCUT2D eigenvalue weighted by Gasteiger charge is -2.30.